The molecule has 0 amide bonds. The van der Waals surface area contributed by atoms with E-state index in [0.717, 1.165) is 7.11 Å². The average molecular weight is 175 g/mol. The first-order valence-electron chi connectivity index (χ1n) is 1.06. The molecule has 0 heterocycles. The summed E-state index contributed by atoms with van der Waals surface area (Å²) in [6.45, 7) is 0. The topological polar surface area (TPSA) is 43.4 Å². The van der Waals surface area contributed by atoms with Gasteiger partial charge in [-0.25, -0.2) is 0 Å². The highest BCUT2D eigenvalue weighted by Crippen LogP contribution is 1.97. The third-order valence-corrected chi connectivity index (χ3v) is 1.39. The Morgan fingerprint density at radius 3 is 1.83 bits per heavy atom. The predicted octanol–water partition coefficient (Wildman–Crippen LogP) is 0.273. The summed E-state index contributed by atoms with van der Waals surface area (Å²) in [6.07, 6.45) is 0. The Hall–Kier alpha value is 0.390. The van der Waals surface area contributed by atoms with Crippen LogP contribution in [-0.4, -0.2) is 15.5 Å². The Bertz CT molecular complexity index is 113. The summed E-state index contributed by atoms with van der Waals surface area (Å²) in [7, 11) is -2.28. The fourth-order valence-electron chi connectivity index (χ4n) is 0. The van der Waals surface area contributed by atoms with E-state index in [9.17, 15) is 8.42 Å². The van der Waals surface area contributed by atoms with Crippen LogP contribution < -0.4 is 0 Å². The summed E-state index contributed by atoms with van der Waals surface area (Å²) in [5, 5.41) is 0. The maximum atomic E-state index is 9.69. The monoisotopic (exact) mass is 174 g/mol. The van der Waals surface area contributed by atoms with Crippen LogP contribution in [0.1, 0.15) is 0 Å². The first kappa shape index (κ1) is 6.39. The summed E-state index contributed by atoms with van der Waals surface area (Å²) in [5.41, 5.74) is 0. The molecule has 5 heteroatoms. The minimum atomic E-state index is -3.35. The van der Waals surface area contributed by atoms with E-state index >= 15 is 0 Å². The second kappa shape index (κ2) is 1.90. The van der Waals surface area contributed by atoms with Gasteiger partial charge in [-0.2, -0.15) is 8.42 Å². The summed E-state index contributed by atoms with van der Waals surface area (Å²) in [6, 6.07) is 0. The second-order valence-corrected chi connectivity index (χ2v) is 4.06. The highest BCUT2D eigenvalue weighted by atomic mass is 79.9. The molecule has 0 aliphatic heterocycles. The fraction of sp³-hybridized carbons (Fsp3) is 1.00. The van der Waals surface area contributed by atoms with Crippen molar-refractivity contribution in [2.45, 2.75) is 0 Å². The molecule has 3 nitrogen and oxygen atoms in total. The third-order valence-electron chi connectivity index (χ3n) is 0.199. The molecule has 6 heavy (non-hydrogen) atoms. The van der Waals surface area contributed by atoms with Gasteiger partial charge < -0.3 is 0 Å². The van der Waals surface area contributed by atoms with E-state index in [-0.39, 0.29) is 0 Å². The van der Waals surface area contributed by atoms with Gasteiger partial charge in [-0.1, -0.05) is 0 Å². The molecule has 0 aromatic rings. The third kappa shape index (κ3) is 4.39. The van der Waals surface area contributed by atoms with Crippen LogP contribution in [0.2, 0.25) is 0 Å². The van der Waals surface area contributed by atoms with Gasteiger partial charge in [0.05, 0.1) is 21.9 Å². The molecule has 0 rings (SSSR count). The molecule has 0 N–H and O–H groups in total. The lowest BCUT2D eigenvalue weighted by molar-refractivity contribution is 0.414. The van der Waals surface area contributed by atoms with Crippen LogP contribution in [0.3, 0.4) is 0 Å². The molecule has 0 fully saturated rings. The molecule has 38 valence electrons. The van der Waals surface area contributed by atoms with Gasteiger partial charge in [0.2, 0.25) is 0 Å². The first-order valence-corrected chi connectivity index (χ1v) is 4.31. The quantitative estimate of drug-likeness (QED) is 0.537. The molecule has 0 saturated heterocycles. The van der Waals surface area contributed by atoms with Gasteiger partial charge >= 0.3 is 8.55 Å². The van der Waals surface area contributed by atoms with Crippen LogP contribution in [0.15, 0.2) is 0 Å². The molecule has 0 aliphatic rings. The molecular formula is CH3BrO3S. The zero-order valence-electron chi connectivity index (χ0n) is 3.01. The van der Waals surface area contributed by atoms with Gasteiger partial charge in [0.25, 0.3) is 0 Å². The molecule has 0 saturated carbocycles. The van der Waals surface area contributed by atoms with Crippen molar-refractivity contribution in [1.82, 2.24) is 0 Å². The molecule has 0 unspecified atom stereocenters. The molecular weight excluding hydrogens is 172 g/mol. The van der Waals surface area contributed by atoms with E-state index in [2.05, 4.69) is 19.0 Å². The maximum Gasteiger partial charge on any atom is 0.328 e. The summed E-state index contributed by atoms with van der Waals surface area (Å²) >= 11 is 2.23. The van der Waals surface area contributed by atoms with E-state index in [0.29, 0.717) is 0 Å². The molecule has 0 radical (unpaired) electrons. The van der Waals surface area contributed by atoms with E-state index in [1.165, 1.54) is 0 Å². The number of hydrogen-bond acceptors (Lipinski definition) is 3. The minimum absolute atomic E-state index is 1.07. The standard InChI is InChI=1S/CH3BrO3S/c1-5-6(2,3)4/h1H3. The highest BCUT2D eigenvalue weighted by molar-refractivity contribution is 9.46. The van der Waals surface area contributed by atoms with Crippen molar-refractivity contribution in [3.05, 3.63) is 0 Å². The van der Waals surface area contributed by atoms with E-state index in [1.807, 2.05) is 0 Å². The predicted molar refractivity (Wildman–Crippen MR) is 24.9 cm³/mol. The van der Waals surface area contributed by atoms with Crippen molar-refractivity contribution in [3.63, 3.8) is 0 Å². The molecule has 0 atom stereocenters. The van der Waals surface area contributed by atoms with Gasteiger partial charge in [-0.3, -0.25) is 4.18 Å². The van der Waals surface area contributed by atoms with Gasteiger partial charge in [-0.05, 0) is 0 Å². The van der Waals surface area contributed by atoms with Crippen molar-refractivity contribution in [3.8, 4) is 0 Å². The van der Waals surface area contributed by atoms with Crippen molar-refractivity contribution < 1.29 is 12.6 Å². The number of halogens is 1. The lowest BCUT2D eigenvalue weighted by Gasteiger charge is -1.81. The normalized spacial score (nSPS) is 11.7. The average Bonchev–Trinajstić information content (AvgIpc) is 1.35. The van der Waals surface area contributed by atoms with Crippen LogP contribution in [0, 0.1) is 0 Å². The maximum absolute atomic E-state index is 9.69. The number of hydrogen-bond donors (Lipinski definition) is 0. The largest absolute Gasteiger partial charge is 0.328 e. The van der Waals surface area contributed by atoms with Crippen LogP contribution in [0.4, 0.5) is 0 Å². The Morgan fingerprint density at radius 2 is 1.83 bits per heavy atom. The van der Waals surface area contributed by atoms with Gasteiger partial charge in [-0.15, -0.1) is 0 Å². The van der Waals surface area contributed by atoms with Crippen LogP contribution in [-0.2, 0) is 12.7 Å². The zero-order chi connectivity index (χ0) is 5.21. The first-order chi connectivity index (χ1) is 2.56. The SMILES string of the molecule is COS(=O)(=O)Br. The smallest absolute Gasteiger partial charge is 0.265 e. The van der Waals surface area contributed by atoms with Gasteiger partial charge in [0.15, 0.2) is 0 Å². The van der Waals surface area contributed by atoms with Crippen molar-refractivity contribution >= 4 is 23.4 Å². The van der Waals surface area contributed by atoms with E-state index in [4.69, 9.17) is 0 Å². The summed E-state index contributed by atoms with van der Waals surface area (Å²) in [4.78, 5) is 0. The fourth-order valence-corrected chi connectivity index (χ4v) is 0. The van der Waals surface area contributed by atoms with Gasteiger partial charge in [0.1, 0.15) is 0 Å². The highest BCUT2D eigenvalue weighted by Gasteiger charge is 1.94. The molecule has 0 aromatic carbocycles. The Balaban J connectivity index is 3.85. The second-order valence-electron chi connectivity index (χ2n) is 0.560. The number of rotatable bonds is 1. The van der Waals surface area contributed by atoms with Crippen molar-refractivity contribution in [1.29, 1.82) is 0 Å². The Kier molecular flexibility index (Phi) is 2.03. The Morgan fingerprint density at radius 1 is 1.67 bits per heavy atom. The lowest BCUT2D eigenvalue weighted by atomic mass is 11.8. The molecule has 0 aliphatic carbocycles. The van der Waals surface area contributed by atoms with Crippen LogP contribution in [0.5, 0.6) is 0 Å². The molecule has 0 aromatic heterocycles. The minimum Gasteiger partial charge on any atom is -0.265 e. The summed E-state index contributed by atoms with van der Waals surface area (Å²) < 4.78 is 23.2. The molecule has 0 spiro atoms. The lowest BCUT2D eigenvalue weighted by Crippen LogP contribution is -1.86. The van der Waals surface area contributed by atoms with Crippen molar-refractivity contribution in [2.24, 2.45) is 0 Å². The van der Waals surface area contributed by atoms with E-state index in [1.54, 1.807) is 0 Å². The van der Waals surface area contributed by atoms with E-state index < -0.39 is 8.55 Å². The molecule has 0 bridgehead atoms. The Labute approximate surface area is 43.6 Å². The van der Waals surface area contributed by atoms with Gasteiger partial charge in [0, 0.05) is 0 Å². The van der Waals surface area contributed by atoms with Crippen molar-refractivity contribution in [2.75, 3.05) is 7.11 Å². The van der Waals surface area contributed by atoms with Crippen LogP contribution in [0.25, 0.3) is 0 Å². The van der Waals surface area contributed by atoms with Crippen LogP contribution >= 0.6 is 14.8 Å². The zero-order valence-corrected chi connectivity index (χ0v) is 5.41. The summed E-state index contributed by atoms with van der Waals surface area (Å²) in [5.74, 6) is 0.